The quantitative estimate of drug-likeness (QED) is 0.419. The third-order valence-corrected chi connectivity index (χ3v) is 5.49. The summed E-state index contributed by atoms with van der Waals surface area (Å²) >= 11 is 0. The molecule has 2 saturated heterocycles. The first-order chi connectivity index (χ1) is 14.6. The number of carbonyl (C=O) groups excluding carboxylic acids is 2. The summed E-state index contributed by atoms with van der Waals surface area (Å²) in [4.78, 5) is 31.0. The van der Waals surface area contributed by atoms with Gasteiger partial charge in [-0.2, -0.15) is 0 Å². The number of ether oxygens (including phenoxy) is 2. The van der Waals surface area contributed by atoms with Gasteiger partial charge in [-0.3, -0.25) is 9.59 Å². The molecular formula is C22H32N4O4. The Bertz CT molecular complexity index is 753. The number of carbonyl (C=O) groups is 2. The zero-order chi connectivity index (χ0) is 21.3. The summed E-state index contributed by atoms with van der Waals surface area (Å²) in [5.41, 5.74) is 1.77. The van der Waals surface area contributed by atoms with Gasteiger partial charge in [-0.25, -0.2) is 4.99 Å². The summed E-state index contributed by atoms with van der Waals surface area (Å²) in [6.07, 6.45) is 2.88. The van der Waals surface area contributed by atoms with Crippen LogP contribution in [0.4, 0.5) is 5.69 Å². The van der Waals surface area contributed by atoms with Crippen molar-refractivity contribution in [3.63, 3.8) is 0 Å². The minimum Gasteiger partial charge on any atom is -0.469 e. The van der Waals surface area contributed by atoms with E-state index in [2.05, 4.69) is 15.5 Å². The van der Waals surface area contributed by atoms with Gasteiger partial charge < -0.3 is 25.0 Å². The van der Waals surface area contributed by atoms with E-state index in [9.17, 15) is 9.59 Å². The van der Waals surface area contributed by atoms with Crippen LogP contribution in [0.2, 0.25) is 0 Å². The molecule has 1 amide bonds. The van der Waals surface area contributed by atoms with E-state index in [4.69, 9.17) is 14.5 Å². The normalized spacial score (nSPS) is 20.1. The Kier molecular flexibility index (Phi) is 8.07. The predicted molar refractivity (Wildman–Crippen MR) is 115 cm³/mol. The summed E-state index contributed by atoms with van der Waals surface area (Å²) in [5, 5.41) is 6.28. The molecule has 0 radical (unpaired) electrons. The maximum atomic E-state index is 12.3. The SMILES string of the molecule is CCNC(=NCc1cccc(NC(=O)C2CCCO2)c1)N1CCC(C(=O)OC)CC1. The summed E-state index contributed by atoms with van der Waals surface area (Å²) < 4.78 is 10.3. The Hall–Kier alpha value is -2.61. The molecule has 8 heteroatoms. The molecule has 1 aromatic rings. The van der Waals surface area contributed by atoms with Crippen LogP contribution in [0.1, 0.15) is 38.2 Å². The number of nitrogens with one attached hydrogen (secondary N) is 2. The van der Waals surface area contributed by atoms with Crippen LogP contribution in [0, 0.1) is 5.92 Å². The second-order valence-corrected chi connectivity index (χ2v) is 7.65. The number of esters is 1. The van der Waals surface area contributed by atoms with Gasteiger partial charge in [-0.05, 0) is 50.3 Å². The average Bonchev–Trinajstić information content (AvgIpc) is 3.32. The molecule has 30 heavy (non-hydrogen) atoms. The summed E-state index contributed by atoms with van der Waals surface area (Å²) in [6.45, 7) is 5.50. The Morgan fingerprint density at radius 2 is 2.07 bits per heavy atom. The fourth-order valence-electron chi connectivity index (χ4n) is 3.84. The molecule has 8 nitrogen and oxygen atoms in total. The highest BCUT2D eigenvalue weighted by Crippen LogP contribution is 2.19. The second kappa shape index (κ2) is 11.0. The number of guanidine groups is 1. The van der Waals surface area contributed by atoms with E-state index in [0.29, 0.717) is 13.2 Å². The molecule has 0 spiro atoms. The van der Waals surface area contributed by atoms with Crippen LogP contribution in [-0.2, 0) is 25.6 Å². The molecule has 0 bridgehead atoms. The van der Waals surface area contributed by atoms with E-state index in [1.807, 2.05) is 31.2 Å². The zero-order valence-electron chi connectivity index (χ0n) is 17.9. The van der Waals surface area contributed by atoms with E-state index >= 15 is 0 Å². The van der Waals surface area contributed by atoms with Crippen molar-refractivity contribution in [3.8, 4) is 0 Å². The average molecular weight is 417 g/mol. The Morgan fingerprint density at radius 3 is 2.73 bits per heavy atom. The fourth-order valence-corrected chi connectivity index (χ4v) is 3.84. The first-order valence-electron chi connectivity index (χ1n) is 10.7. The topological polar surface area (TPSA) is 92.3 Å². The van der Waals surface area contributed by atoms with Gasteiger partial charge in [0.1, 0.15) is 6.10 Å². The Labute approximate surface area is 178 Å². The molecule has 3 rings (SSSR count). The van der Waals surface area contributed by atoms with Crippen molar-refractivity contribution >= 4 is 23.5 Å². The monoisotopic (exact) mass is 416 g/mol. The third kappa shape index (κ3) is 5.95. The first-order valence-corrected chi connectivity index (χ1v) is 10.7. The van der Waals surface area contributed by atoms with Crippen LogP contribution < -0.4 is 10.6 Å². The van der Waals surface area contributed by atoms with Gasteiger partial charge in [0.15, 0.2) is 5.96 Å². The number of nitrogens with zero attached hydrogens (tertiary/aromatic N) is 2. The molecule has 2 fully saturated rings. The van der Waals surface area contributed by atoms with Gasteiger partial charge >= 0.3 is 5.97 Å². The van der Waals surface area contributed by atoms with Gasteiger partial charge in [0.25, 0.3) is 5.91 Å². The number of hydrogen-bond acceptors (Lipinski definition) is 5. The molecule has 2 aliphatic heterocycles. The highest BCUT2D eigenvalue weighted by molar-refractivity contribution is 5.94. The molecule has 0 aliphatic carbocycles. The first kappa shape index (κ1) is 22.1. The molecule has 1 atom stereocenters. The number of likely N-dealkylation sites (tertiary alicyclic amines) is 1. The van der Waals surface area contributed by atoms with E-state index in [0.717, 1.165) is 62.5 Å². The van der Waals surface area contributed by atoms with E-state index in [1.54, 1.807) is 0 Å². The lowest BCUT2D eigenvalue weighted by atomic mass is 9.97. The highest BCUT2D eigenvalue weighted by Gasteiger charge is 2.27. The summed E-state index contributed by atoms with van der Waals surface area (Å²) in [5.74, 6) is 0.598. The van der Waals surface area contributed by atoms with Crippen molar-refractivity contribution in [3.05, 3.63) is 29.8 Å². The van der Waals surface area contributed by atoms with Crippen molar-refractivity contribution in [1.82, 2.24) is 10.2 Å². The number of aliphatic imine (C=N–C) groups is 1. The Balaban J connectivity index is 1.59. The summed E-state index contributed by atoms with van der Waals surface area (Å²) in [6, 6.07) is 7.75. The standard InChI is InChI=1S/C22H32N4O4/c1-3-23-22(26-11-9-17(10-12-26)21(28)29-2)24-15-16-6-4-7-18(14-16)25-20(27)19-8-5-13-30-19/h4,6-7,14,17,19H,3,5,8-13,15H2,1-2H3,(H,23,24)(H,25,27). The molecule has 0 aromatic heterocycles. The van der Waals surface area contributed by atoms with Gasteiger partial charge in [-0.1, -0.05) is 12.1 Å². The van der Waals surface area contributed by atoms with Crippen molar-refractivity contribution < 1.29 is 19.1 Å². The second-order valence-electron chi connectivity index (χ2n) is 7.65. The maximum Gasteiger partial charge on any atom is 0.308 e. The lowest BCUT2D eigenvalue weighted by molar-refractivity contribution is -0.146. The molecule has 164 valence electrons. The van der Waals surface area contributed by atoms with Crippen LogP contribution in [0.3, 0.4) is 0 Å². The number of rotatable bonds is 6. The number of anilines is 1. The van der Waals surface area contributed by atoms with Crippen molar-refractivity contribution in [2.75, 3.05) is 38.7 Å². The van der Waals surface area contributed by atoms with E-state index in [1.165, 1.54) is 7.11 Å². The minimum absolute atomic E-state index is 0.0294. The molecule has 2 N–H and O–H groups in total. The van der Waals surface area contributed by atoms with Gasteiger partial charge in [-0.15, -0.1) is 0 Å². The van der Waals surface area contributed by atoms with E-state index in [-0.39, 0.29) is 23.9 Å². The number of benzene rings is 1. The largest absolute Gasteiger partial charge is 0.469 e. The van der Waals surface area contributed by atoms with Crippen molar-refractivity contribution in [1.29, 1.82) is 0 Å². The zero-order valence-corrected chi connectivity index (χ0v) is 17.9. The molecular weight excluding hydrogens is 384 g/mol. The van der Waals surface area contributed by atoms with Gasteiger partial charge in [0, 0.05) is 31.9 Å². The fraction of sp³-hybridized carbons (Fsp3) is 0.591. The number of hydrogen-bond donors (Lipinski definition) is 2. The van der Waals surface area contributed by atoms with Gasteiger partial charge in [0.05, 0.1) is 19.6 Å². The maximum absolute atomic E-state index is 12.3. The van der Waals surface area contributed by atoms with Crippen LogP contribution >= 0.6 is 0 Å². The number of piperidine rings is 1. The molecule has 2 aliphatic rings. The van der Waals surface area contributed by atoms with Gasteiger partial charge in [0.2, 0.25) is 0 Å². The lowest BCUT2D eigenvalue weighted by Gasteiger charge is -2.33. The summed E-state index contributed by atoms with van der Waals surface area (Å²) in [7, 11) is 1.44. The molecule has 1 aromatic carbocycles. The van der Waals surface area contributed by atoms with Crippen LogP contribution in [-0.4, -0.2) is 62.2 Å². The molecule has 0 saturated carbocycles. The lowest BCUT2D eigenvalue weighted by Crippen LogP contribution is -2.46. The molecule has 2 heterocycles. The predicted octanol–water partition coefficient (Wildman–Crippen LogP) is 2.15. The van der Waals surface area contributed by atoms with Crippen molar-refractivity contribution in [2.24, 2.45) is 10.9 Å². The number of methoxy groups -OCH3 is 1. The van der Waals surface area contributed by atoms with Crippen LogP contribution in [0.15, 0.2) is 29.3 Å². The minimum atomic E-state index is -0.347. The van der Waals surface area contributed by atoms with Crippen LogP contribution in [0.25, 0.3) is 0 Å². The molecule has 1 unspecified atom stereocenters. The number of amides is 1. The van der Waals surface area contributed by atoms with Crippen LogP contribution in [0.5, 0.6) is 0 Å². The highest BCUT2D eigenvalue weighted by atomic mass is 16.5. The van der Waals surface area contributed by atoms with Crippen molar-refractivity contribution in [2.45, 2.75) is 45.3 Å². The smallest absolute Gasteiger partial charge is 0.308 e. The Morgan fingerprint density at radius 1 is 1.27 bits per heavy atom. The van der Waals surface area contributed by atoms with E-state index < -0.39 is 0 Å². The third-order valence-electron chi connectivity index (χ3n) is 5.49.